The number of alkyl halides is 2. The van der Waals surface area contributed by atoms with Crippen molar-refractivity contribution in [3.63, 3.8) is 0 Å². The molecule has 0 saturated heterocycles. The van der Waals surface area contributed by atoms with Gasteiger partial charge in [0.15, 0.2) is 11.2 Å². The third kappa shape index (κ3) is 1.14. The minimum Gasteiger partial charge on any atom is -0.451 e. The smallest absolute Gasteiger partial charge is 0.180 e. The van der Waals surface area contributed by atoms with Crippen LogP contribution in [-0.2, 0) is 0 Å². The first-order chi connectivity index (χ1) is 3.80. The summed E-state index contributed by atoms with van der Waals surface area (Å²) < 4.78 is 4.60. The van der Waals surface area contributed by atoms with Crippen molar-refractivity contribution in [3.8, 4) is 0 Å². The summed E-state index contributed by atoms with van der Waals surface area (Å²) in [6.07, 6.45) is 2.69. The van der Waals surface area contributed by atoms with Gasteiger partial charge < -0.3 is 4.42 Å². The standard InChI is InChI=1S/C4H3Cl2NO/c5-4(6)3-1-8-2-7-3/h1-2,4H. The lowest BCUT2D eigenvalue weighted by atomic mass is 10.6. The lowest BCUT2D eigenvalue weighted by molar-refractivity contribution is 0.557. The number of aromatic nitrogens is 1. The van der Waals surface area contributed by atoms with Crippen molar-refractivity contribution in [1.29, 1.82) is 0 Å². The molecule has 0 fully saturated rings. The van der Waals surface area contributed by atoms with E-state index in [0.717, 1.165) is 0 Å². The quantitative estimate of drug-likeness (QED) is 0.576. The fraction of sp³-hybridized carbons (Fsp3) is 0.250. The highest BCUT2D eigenvalue weighted by atomic mass is 35.5. The van der Waals surface area contributed by atoms with Gasteiger partial charge in [-0.15, -0.1) is 0 Å². The Hall–Kier alpha value is -0.210. The van der Waals surface area contributed by atoms with Crippen molar-refractivity contribution in [1.82, 2.24) is 4.98 Å². The van der Waals surface area contributed by atoms with E-state index in [1.807, 2.05) is 0 Å². The first kappa shape index (κ1) is 5.92. The molecule has 0 amide bonds. The molecule has 0 radical (unpaired) electrons. The van der Waals surface area contributed by atoms with Gasteiger partial charge in [0.2, 0.25) is 0 Å². The molecule has 0 aromatic carbocycles. The molecule has 0 aliphatic carbocycles. The summed E-state index contributed by atoms with van der Waals surface area (Å²) >= 11 is 10.8. The predicted octanol–water partition coefficient (Wildman–Crippen LogP) is 2.15. The van der Waals surface area contributed by atoms with E-state index in [4.69, 9.17) is 23.2 Å². The first-order valence-electron chi connectivity index (χ1n) is 1.97. The third-order valence-corrected chi connectivity index (χ3v) is 1.12. The highest BCUT2D eigenvalue weighted by Crippen LogP contribution is 2.21. The molecule has 2 nitrogen and oxygen atoms in total. The Morgan fingerprint density at radius 2 is 2.38 bits per heavy atom. The van der Waals surface area contributed by atoms with Gasteiger partial charge >= 0.3 is 0 Å². The average Bonchev–Trinajstić information content (AvgIpc) is 2.12. The van der Waals surface area contributed by atoms with Crippen molar-refractivity contribution in [3.05, 3.63) is 18.4 Å². The molecular weight excluding hydrogens is 149 g/mol. The van der Waals surface area contributed by atoms with E-state index < -0.39 is 4.84 Å². The van der Waals surface area contributed by atoms with Crippen molar-refractivity contribution in [2.24, 2.45) is 0 Å². The normalized spacial score (nSPS) is 10.4. The Morgan fingerprint density at radius 3 is 2.62 bits per heavy atom. The van der Waals surface area contributed by atoms with Gasteiger partial charge in [-0.2, -0.15) is 0 Å². The summed E-state index contributed by atoms with van der Waals surface area (Å²) in [7, 11) is 0. The van der Waals surface area contributed by atoms with Gasteiger partial charge in [0.05, 0.1) is 0 Å². The monoisotopic (exact) mass is 151 g/mol. The minimum absolute atomic E-state index is 0.549. The zero-order chi connectivity index (χ0) is 5.98. The molecule has 1 heterocycles. The maximum Gasteiger partial charge on any atom is 0.180 e. The first-order valence-corrected chi connectivity index (χ1v) is 2.84. The summed E-state index contributed by atoms with van der Waals surface area (Å²) in [6.45, 7) is 0. The minimum atomic E-state index is -0.575. The number of nitrogens with zero attached hydrogens (tertiary/aromatic N) is 1. The average molecular weight is 152 g/mol. The summed E-state index contributed by atoms with van der Waals surface area (Å²) in [5, 5.41) is 0. The summed E-state index contributed by atoms with van der Waals surface area (Å²) in [6, 6.07) is 0. The van der Waals surface area contributed by atoms with Crippen LogP contribution in [0.3, 0.4) is 0 Å². The zero-order valence-corrected chi connectivity index (χ0v) is 5.36. The van der Waals surface area contributed by atoms with E-state index >= 15 is 0 Å². The lowest BCUT2D eigenvalue weighted by Gasteiger charge is -1.87. The van der Waals surface area contributed by atoms with Crippen LogP contribution in [0.5, 0.6) is 0 Å². The SMILES string of the molecule is ClC(Cl)c1cocn1. The molecular formula is C4H3Cl2NO. The molecule has 1 aromatic heterocycles. The Kier molecular flexibility index (Phi) is 1.76. The Labute approximate surface area is 56.4 Å². The fourth-order valence-electron chi connectivity index (χ4n) is 0.330. The zero-order valence-electron chi connectivity index (χ0n) is 3.84. The van der Waals surface area contributed by atoms with Gasteiger partial charge in [0.25, 0.3) is 0 Å². The van der Waals surface area contributed by atoms with E-state index in [1.54, 1.807) is 0 Å². The Bertz CT molecular complexity index is 149. The van der Waals surface area contributed by atoms with Crippen LogP contribution in [0.1, 0.15) is 10.5 Å². The van der Waals surface area contributed by atoms with Crippen LogP contribution in [0.4, 0.5) is 0 Å². The number of hydrogen-bond donors (Lipinski definition) is 0. The molecule has 0 spiro atoms. The molecule has 0 N–H and O–H groups in total. The number of rotatable bonds is 1. The molecule has 8 heavy (non-hydrogen) atoms. The van der Waals surface area contributed by atoms with E-state index in [2.05, 4.69) is 9.40 Å². The van der Waals surface area contributed by atoms with Crippen molar-refractivity contribution < 1.29 is 4.42 Å². The van der Waals surface area contributed by atoms with Crippen molar-refractivity contribution >= 4 is 23.2 Å². The van der Waals surface area contributed by atoms with Gasteiger partial charge in [-0.25, -0.2) is 4.98 Å². The molecule has 0 aliphatic rings. The van der Waals surface area contributed by atoms with Crippen LogP contribution < -0.4 is 0 Å². The molecule has 44 valence electrons. The molecule has 4 heteroatoms. The summed E-state index contributed by atoms with van der Waals surface area (Å²) in [5.74, 6) is 0. The summed E-state index contributed by atoms with van der Waals surface area (Å²) in [5.41, 5.74) is 0.549. The van der Waals surface area contributed by atoms with Crippen LogP contribution in [0.2, 0.25) is 0 Å². The largest absolute Gasteiger partial charge is 0.451 e. The maximum atomic E-state index is 5.39. The second kappa shape index (κ2) is 2.37. The maximum absolute atomic E-state index is 5.39. The fourth-order valence-corrected chi connectivity index (χ4v) is 0.545. The number of halogens is 2. The van der Waals surface area contributed by atoms with Crippen molar-refractivity contribution in [2.45, 2.75) is 4.84 Å². The number of oxazole rings is 1. The highest BCUT2D eigenvalue weighted by molar-refractivity contribution is 6.43. The van der Waals surface area contributed by atoms with Gasteiger partial charge in [0, 0.05) is 0 Å². The van der Waals surface area contributed by atoms with Crippen molar-refractivity contribution in [2.75, 3.05) is 0 Å². The van der Waals surface area contributed by atoms with Gasteiger partial charge in [-0.05, 0) is 0 Å². The lowest BCUT2D eigenvalue weighted by Crippen LogP contribution is -1.76. The van der Waals surface area contributed by atoms with E-state index in [-0.39, 0.29) is 0 Å². The van der Waals surface area contributed by atoms with Gasteiger partial charge in [0.1, 0.15) is 12.0 Å². The topological polar surface area (TPSA) is 26.0 Å². The third-order valence-electron chi connectivity index (χ3n) is 0.675. The van der Waals surface area contributed by atoms with Crippen LogP contribution in [-0.4, -0.2) is 4.98 Å². The molecule has 1 rings (SSSR count). The molecule has 0 atom stereocenters. The molecule has 0 unspecified atom stereocenters. The molecule has 0 saturated carbocycles. The summed E-state index contributed by atoms with van der Waals surface area (Å²) in [4.78, 5) is 3.11. The second-order valence-corrected chi connectivity index (χ2v) is 2.31. The van der Waals surface area contributed by atoms with Crippen LogP contribution in [0, 0.1) is 0 Å². The van der Waals surface area contributed by atoms with E-state index in [9.17, 15) is 0 Å². The van der Waals surface area contributed by atoms with Crippen LogP contribution in [0.15, 0.2) is 17.1 Å². The highest BCUT2D eigenvalue weighted by Gasteiger charge is 2.03. The van der Waals surface area contributed by atoms with E-state index in [0.29, 0.717) is 5.69 Å². The predicted molar refractivity (Wildman–Crippen MR) is 30.9 cm³/mol. The molecule has 0 bridgehead atoms. The Balaban J connectivity index is 2.77. The van der Waals surface area contributed by atoms with E-state index in [1.165, 1.54) is 12.7 Å². The Morgan fingerprint density at radius 1 is 1.62 bits per heavy atom. The second-order valence-electron chi connectivity index (χ2n) is 1.21. The van der Waals surface area contributed by atoms with Crippen LogP contribution >= 0.6 is 23.2 Å². The van der Waals surface area contributed by atoms with Gasteiger partial charge in [-0.1, -0.05) is 23.2 Å². The van der Waals surface area contributed by atoms with Gasteiger partial charge in [-0.3, -0.25) is 0 Å². The number of hydrogen-bond acceptors (Lipinski definition) is 2. The molecule has 1 aromatic rings. The molecule has 0 aliphatic heterocycles. The van der Waals surface area contributed by atoms with Crippen LogP contribution in [0.25, 0.3) is 0 Å².